The van der Waals surface area contributed by atoms with Crippen molar-refractivity contribution in [1.82, 2.24) is 9.55 Å². The molecule has 5 heteroatoms. The zero-order valence-electron chi connectivity index (χ0n) is 13.1. The second-order valence-corrected chi connectivity index (χ2v) is 6.12. The Morgan fingerprint density at radius 1 is 1.22 bits per heavy atom. The first-order chi connectivity index (χ1) is 11.0. The van der Waals surface area contributed by atoms with Crippen LogP contribution in [0.4, 0.5) is 4.39 Å². The summed E-state index contributed by atoms with van der Waals surface area (Å²) in [5.74, 6) is 0.393. The van der Waals surface area contributed by atoms with Gasteiger partial charge in [-0.1, -0.05) is 17.7 Å². The highest BCUT2D eigenvalue weighted by Crippen LogP contribution is 2.26. The molecule has 3 nitrogen and oxygen atoms in total. The molecule has 0 atom stereocenters. The predicted octanol–water partition coefficient (Wildman–Crippen LogP) is 4.03. The summed E-state index contributed by atoms with van der Waals surface area (Å²) in [6.45, 7) is 4.35. The number of rotatable bonds is 4. The average molecular weight is 333 g/mol. The SMILES string of the molecule is Cc1cc2nc(CCO)n(Cc3c(F)cccc3Cl)c2cc1C. The highest BCUT2D eigenvalue weighted by Gasteiger charge is 2.15. The van der Waals surface area contributed by atoms with Crippen molar-refractivity contribution in [3.8, 4) is 0 Å². The van der Waals surface area contributed by atoms with Crippen LogP contribution in [-0.2, 0) is 13.0 Å². The van der Waals surface area contributed by atoms with E-state index >= 15 is 0 Å². The summed E-state index contributed by atoms with van der Waals surface area (Å²) in [6, 6.07) is 8.75. The van der Waals surface area contributed by atoms with Crippen LogP contribution in [-0.4, -0.2) is 21.3 Å². The van der Waals surface area contributed by atoms with Crippen LogP contribution in [0.2, 0.25) is 5.02 Å². The van der Waals surface area contributed by atoms with Crippen LogP contribution >= 0.6 is 11.6 Å². The van der Waals surface area contributed by atoms with Crippen LogP contribution in [0.25, 0.3) is 11.0 Å². The molecule has 23 heavy (non-hydrogen) atoms. The van der Waals surface area contributed by atoms with E-state index < -0.39 is 0 Å². The molecule has 3 aromatic rings. The van der Waals surface area contributed by atoms with E-state index in [1.165, 1.54) is 6.07 Å². The number of aliphatic hydroxyl groups excluding tert-OH is 1. The molecule has 0 unspecified atom stereocenters. The highest BCUT2D eigenvalue weighted by atomic mass is 35.5. The van der Waals surface area contributed by atoms with E-state index in [0.29, 0.717) is 23.6 Å². The Hall–Kier alpha value is -1.91. The molecule has 0 spiro atoms. The third kappa shape index (κ3) is 2.96. The van der Waals surface area contributed by atoms with Crippen LogP contribution in [0.5, 0.6) is 0 Å². The van der Waals surface area contributed by atoms with Gasteiger partial charge in [-0.3, -0.25) is 0 Å². The number of benzene rings is 2. The summed E-state index contributed by atoms with van der Waals surface area (Å²) >= 11 is 6.16. The molecule has 0 aliphatic carbocycles. The molecule has 0 aliphatic rings. The third-order valence-electron chi connectivity index (χ3n) is 4.16. The van der Waals surface area contributed by atoms with Gasteiger partial charge in [0.25, 0.3) is 0 Å². The standard InChI is InChI=1S/C18H18ClFN2O/c1-11-8-16-17(9-12(11)2)22(18(21-16)6-7-23)10-13-14(19)4-3-5-15(13)20/h3-5,8-9,23H,6-7,10H2,1-2H3. The molecular weight excluding hydrogens is 315 g/mol. The number of aromatic nitrogens is 2. The van der Waals surface area contributed by atoms with Gasteiger partial charge < -0.3 is 9.67 Å². The number of imidazole rings is 1. The Morgan fingerprint density at radius 2 is 1.96 bits per heavy atom. The first-order valence-corrected chi connectivity index (χ1v) is 7.89. The van der Waals surface area contributed by atoms with Crippen LogP contribution in [0.1, 0.15) is 22.5 Å². The van der Waals surface area contributed by atoms with Crippen LogP contribution in [0.15, 0.2) is 30.3 Å². The number of halogens is 2. The minimum atomic E-state index is -0.335. The monoisotopic (exact) mass is 332 g/mol. The first-order valence-electron chi connectivity index (χ1n) is 7.51. The second-order valence-electron chi connectivity index (χ2n) is 5.71. The van der Waals surface area contributed by atoms with Gasteiger partial charge >= 0.3 is 0 Å². The lowest BCUT2D eigenvalue weighted by Crippen LogP contribution is -2.09. The highest BCUT2D eigenvalue weighted by molar-refractivity contribution is 6.31. The molecule has 0 aliphatic heterocycles. The van der Waals surface area contributed by atoms with E-state index in [4.69, 9.17) is 11.6 Å². The maximum Gasteiger partial charge on any atom is 0.129 e. The van der Waals surface area contributed by atoms with Crippen molar-refractivity contribution in [2.24, 2.45) is 0 Å². The minimum absolute atomic E-state index is 0.00765. The fourth-order valence-electron chi connectivity index (χ4n) is 2.74. The minimum Gasteiger partial charge on any atom is -0.396 e. The molecule has 0 saturated heterocycles. The molecule has 1 heterocycles. The molecule has 0 fully saturated rings. The molecule has 2 aromatic carbocycles. The predicted molar refractivity (Wildman–Crippen MR) is 90.5 cm³/mol. The van der Waals surface area contributed by atoms with Gasteiger partial charge in [-0.15, -0.1) is 0 Å². The molecule has 1 N–H and O–H groups in total. The van der Waals surface area contributed by atoms with Crippen molar-refractivity contribution >= 4 is 22.6 Å². The Bertz CT molecular complexity index is 853. The van der Waals surface area contributed by atoms with E-state index in [9.17, 15) is 9.50 Å². The maximum absolute atomic E-state index is 14.1. The van der Waals surface area contributed by atoms with E-state index in [1.54, 1.807) is 12.1 Å². The van der Waals surface area contributed by atoms with Gasteiger partial charge in [-0.2, -0.15) is 0 Å². The molecule has 0 bridgehead atoms. The second kappa shape index (κ2) is 6.30. The number of aryl methyl sites for hydroxylation is 2. The molecule has 120 valence electrons. The molecular formula is C18H18ClFN2O. The summed E-state index contributed by atoms with van der Waals surface area (Å²) in [6.07, 6.45) is 0.416. The van der Waals surface area contributed by atoms with Crippen LogP contribution < -0.4 is 0 Å². The quantitative estimate of drug-likeness (QED) is 0.783. The maximum atomic E-state index is 14.1. The van der Waals surface area contributed by atoms with Gasteiger partial charge in [0, 0.05) is 17.0 Å². The molecule has 0 saturated carbocycles. The number of fused-ring (bicyclic) bond motifs is 1. The van der Waals surface area contributed by atoms with E-state index in [2.05, 4.69) is 4.98 Å². The smallest absolute Gasteiger partial charge is 0.129 e. The van der Waals surface area contributed by atoms with Crippen LogP contribution in [0, 0.1) is 19.7 Å². The molecule has 0 amide bonds. The Morgan fingerprint density at radius 3 is 2.65 bits per heavy atom. The molecule has 0 radical (unpaired) electrons. The van der Waals surface area contributed by atoms with Crippen molar-refractivity contribution in [3.63, 3.8) is 0 Å². The van der Waals surface area contributed by atoms with Gasteiger partial charge in [0.05, 0.1) is 24.2 Å². The average Bonchev–Trinajstić information content (AvgIpc) is 2.81. The lowest BCUT2D eigenvalue weighted by Gasteiger charge is -2.12. The van der Waals surface area contributed by atoms with Gasteiger partial charge in [-0.25, -0.2) is 9.37 Å². The van der Waals surface area contributed by atoms with E-state index in [1.807, 2.05) is 30.5 Å². The fraction of sp³-hybridized carbons (Fsp3) is 0.278. The normalized spacial score (nSPS) is 11.3. The van der Waals surface area contributed by atoms with Crippen molar-refractivity contribution in [1.29, 1.82) is 0 Å². The Kier molecular flexibility index (Phi) is 4.37. The van der Waals surface area contributed by atoms with Gasteiger partial charge in [0.2, 0.25) is 0 Å². The van der Waals surface area contributed by atoms with Crippen LogP contribution in [0.3, 0.4) is 0 Å². The summed E-state index contributed by atoms with van der Waals surface area (Å²) in [4.78, 5) is 4.60. The molecule has 1 aromatic heterocycles. The lowest BCUT2D eigenvalue weighted by molar-refractivity contribution is 0.295. The van der Waals surface area contributed by atoms with Crippen molar-refractivity contribution in [2.75, 3.05) is 6.61 Å². The van der Waals surface area contributed by atoms with Gasteiger partial charge in [0.15, 0.2) is 0 Å². The first kappa shape index (κ1) is 16.0. The zero-order chi connectivity index (χ0) is 16.6. The summed E-state index contributed by atoms with van der Waals surface area (Å²) in [7, 11) is 0. The molecule has 3 rings (SSSR count). The lowest BCUT2D eigenvalue weighted by atomic mass is 10.1. The Labute approximate surface area is 139 Å². The number of aliphatic hydroxyl groups is 1. The summed E-state index contributed by atoms with van der Waals surface area (Å²) in [5, 5.41) is 9.69. The van der Waals surface area contributed by atoms with Gasteiger partial charge in [0.1, 0.15) is 11.6 Å². The third-order valence-corrected chi connectivity index (χ3v) is 4.51. The fourth-order valence-corrected chi connectivity index (χ4v) is 2.96. The van der Waals surface area contributed by atoms with Gasteiger partial charge in [-0.05, 0) is 49.2 Å². The topological polar surface area (TPSA) is 38.1 Å². The van der Waals surface area contributed by atoms with E-state index in [0.717, 1.165) is 28.0 Å². The summed E-state index contributed by atoms with van der Waals surface area (Å²) in [5.41, 5.74) is 4.52. The van der Waals surface area contributed by atoms with Crippen molar-refractivity contribution in [2.45, 2.75) is 26.8 Å². The summed E-state index contributed by atoms with van der Waals surface area (Å²) < 4.78 is 16.1. The largest absolute Gasteiger partial charge is 0.396 e. The van der Waals surface area contributed by atoms with Crippen molar-refractivity contribution < 1.29 is 9.50 Å². The number of nitrogens with zero attached hydrogens (tertiary/aromatic N) is 2. The zero-order valence-corrected chi connectivity index (χ0v) is 13.9. The Balaban J connectivity index is 2.18. The van der Waals surface area contributed by atoms with E-state index in [-0.39, 0.29) is 12.4 Å². The number of hydrogen-bond acceptors (Lipinski definition) is 2. The van der Waals surface area contributed by atoms with Crippen molar-refractivity contribution in [3.05, 3.63) is 63.7 Å². The number of hydrogen-bond donors (Lipinski definition) is 1.